The Bertz CT molecular complexity index is 627. The standard InChI is InChI=1S/C14H19BrN6.HI/c1-16-14(17-8-13-18-10-19-21(13)3)20(2)9-11-6-4-5-7-12(11)15;/h4-7,10H,8-9H2,1-3H3,(H,16,17);1H. The molecule has 2 aromatic rings. The number of nitrogens with zero attached hydrogens (tertiary/aromatic N) is 5. The van der Waals surface area contributed by atoms with Crippen molar-refractivity contribution in [2.24, 2.45) is 12.0 Å². The van der Waals surface area contributed by atoms with Crippen LogP contribution in [-0.2, 0) is 20.1 Å². The van der Waals surface area contributed by atoms with Gasteiger partial charge in [0.05, 0.1) is 6.54 Å². The SMILES string of the molecule is CN=C(NCc1ncnn1C)N(C)Cc1ccccc1Br.I. The zero-order chi connectivity index (χ0) is 15.2. The third kappa shape index (κ3) is 4.94. The molecule has 0 bridgehead atoms. The van der Waals surface area contributed by atoms with Gasteiger partial charge in [-0.25, -0.2) is 4.98 Å². The zero-order valence-electron chi connectivity index (χ0n) is 12.8. The number of nitrogens with one attached hydrogen (secondary N) is 1. The van der Waals surface area contributed by atoms with Gasteiger partial charge in [-0.2, -0.15) is 5.10 Å². The first-order valence-corrected chi connectivity index (χ1v) is 7.39. The van der Waals surface area contributed by atoms with E-state index in [4.69, 9.17) is 0 Å². The van der Waals surface area contributed by atoms with Crippen molar-refractivity contribution in [3.8, 4) is 0 Å². The summed E-state index contributed by atoms with van der Waals surface area (Å²) < 4.78 is 2.84. The van der Waals surface area contributed by atoms with Crippen molar-refractivity contribution in [2.45, 2.75) is 13.1 Å². The highest BCUT2D eigenvalue weighted by atomic mass is 127. The van der Waals surface area contributed by atoms with Crippen LogP contribution in [0.5, 0.6) is 0 Å². The van der Waals surface area contributed by atoms with E-state index in [1.54, 1.807) is 18.1 Å². The van der Waals surface area contributed by atoms with Crippen LogP contribution in [0.25, 0.3) is 0 Å². The Balaban J connectivity index is 0.00000242. The van der Waals surface area contributed by atoms with Crippen LogP contribution in [0.1, 0.15) is 11.4 Å². The third-order valence-corrected chi connectivity index (χ3v) is 3.92. The maximum Gasteiger partial charge on any atom is 0.194 e. The number of hydrogen-bond donors (Lipinski definition) is 1. The first-order chi connectivity index (χ1) is 10.1. The summed E-state index contributed by atoms with van der Waals surface area (Å²) in [6, 6.07) is 8.17. The van der Waals surface area contributed by atoms with Crippen LogP contribution < -0.4 is 5.32 Å². The third-order valence-electron chi connectivity index (χ3n) is 3.15. The summed E-state index contributed by atoms with van der Waals surface area (Å²) in [6.45, 7) is 1.35. The number of benzene rings is 1. The average molecular weight is 479 g/mol. The van der Waals surface area contributed by atoms with Crippen LogP contribution in [0.3, 0.4) is 0 Å². The van der Waals surface area contributed by atoms with Crippen LogP contribution in [0.2, 0.25) is 0 Å². The van der Waals surface area contributed by atoms with Crippen molar-refractivity contribution < 1.29 is 0 Å². The van der Waals surface area contributed by atoms with Crippen molar-refractivity contribution in [1.29, 1.82) is 0 Å². The summed E-state index contributed by atoms with van der Waals surface area (Å²) >= 11 is 3.57. The molecule has 0 amide bonds. The monoisotopic (exact) mass is 478 g/mol. The van der Waals surface area contributed by atoms with E-state index in [0.717, 1.165) is 22.8 Å². The molecule has 1 heterocycles. The molecule has 0 spiro atoms. The van der Waals surface area contributed by atoms with Crippen LogP contribution in [0, 0.1) is 0 Å². The maximum atomic E-state index is 4.30. The fourth-order valence-corrected chi connectivity index (χ4v) is 2.39. The second-order valence-corrected chi connectivity index (χ2v) is 5.50. The molecule has 1 aromatic carbocycles. The number of hydrogen-bond acceptors (Lipinski definition) is 3. The number of aromatic nitrogens is 3. The van der Waals surface area contributed by atoms with Crippen molar-refractivity contribution in [3.05, 3.63) is 46.5 Å². The lowest BCUT2D eigenvalue weighted by atomic mass is 10.2. The first kappa shape index (κ1) is 18.9. The van der Waals surface area contributed by atoms with Gasteiger partial charge in [-0.3, -0.25) is 9.67 Å². The summed E-state index contributed by atoms with van der Waals surface area (Å²) in [6.07, 6.45) is 1.55. The van der Waals surface area contributed by atoms with Gasteiger partial charge in [-0.05, 0) is 11.6 Å². The van der Waals surface area contributed by atoms with Gasteiger partial charge in [0.1, 0.15) is 12.2 Å². The van der Waals surface area contributed by atoms with Crippen LogP contribution in [-0.4, -0.2) is 39.7 Å². The molecule has 6 nitrogen and oxygen atoms in total. The molecule has 0 saturated carbocycles. The fourth-order valence-electron chi connectivity index (χ4n) is 1.98. The molecule has 2 rings (SSSR count). The largest absolute Gasteiger partial charge is 0.349 e. The lowest BCUT2D eigenvalue weighted by Crippen LogP contribution is -2.38. The Kier molecular flexibility index (Phi) is 7.80. The number of rotatable bonds is 4. The predicted octanol–water partition coefficient (Wildman–Crippen LogP) is 2.40. The van der Waals surface area contributed by atoms with Gasteiger partial charge in [-0.1, -0.05) is 34.1 Å². The van der Waals surface area contributed by atoms with Gasteiger partial charge in [0.15, 0.2) is 5.96 Å². The minimum Gasteiger partial charge on any atom is -0.349 e. The molecule has 0 atom stereocenters. The van der Waals surface area contributed by atoms with E-state index in [0.29, 0.717) is 6.54 Å². The van der Waals surface area contributed by atoms with E-state index in [1.807, 2.05) is 32.3 Å². The Morgan fingerprint density at radius 2 is 2.14 bits per heavy atom. The van der Waals surface area contributed by atoms with E-state index in [1.165, 1.54) is 5.56 Å². The highest BCUT2D eigenvalue weighted by molar-refractivity contribution is 14.0. The molecule has 0 aliphatic heterocycles. The fraction of sp³-hybridized carbons (Fsp3) is 0.357. The van der Waals surface area contributed by atoms with E-state index in [9.17, 15) is 0 Å². The smallest absolute Gasteiger partial charge is 0.194 e. The molecule has 1 N–H and O–H groups in total. The lowest BCUT2D eigenvalue weighted by Gasteiger charge is -2.22. The van der Waals surface area contributed by atoms with Gasteiger partial charge in [0, 0.05) is 32.2 Å². The lowest BCUT2D eigenvalue weighted by molar-refractivity contribution is 0.473. The average Bonchev–Trinajstić information content (AvgIpc) is 2.88. The first-order valence-electron chi connectivity index (χ1n) is 6.60. The van der Waals surface area contributed by atoms with Crippen LogP contribution in [0.15, 0.2) is 40.1 Å². The highest BCUT2D eigenvalue weighted by Gasteiger charge is 2.09. The van der Waals surface area contributed by atoms with E-state index in [-0.39, 0.29) is 24.0 Å². The van der Waals surface area contributed by atoms with Gasteiger partial charge in [-0.15, -0.1) is 24.0 Å². The Morgan fingerprint density at radius 1 is 1.41 bits per heavy atom. The molecule has 120 valence electrons. The molecule has 0 radical (unpaired) electrons. The van der Waals surface area contributed by atoms with E-state index in [2.05, 4.69) is 47.3 Å². The maximum absolute atomic E-state index is 4.30. The topological polar surface area (TPSA) is 58.3 Å². The Hall–Kier alpha value is -1.16. The van der Waals surface area contributed by atoms with Gasteiger partial charge in [0.25, 0.3) is 0 Å². The minimum absolute atomic E-state index is 0. The summed E-state index contributed by atoms with van der Waals surface area (Å²) in [5.41, 5.74) is 1.21. The van der Waals surface area contributed by atoms with E-state index >= 15 is 0 Å². The normalized spacial score (nSPS) is 11.0. The number of halogens is 2. The summed E-state index contributed by atoms with van der Waals surface area (Å²) in [4.78, 5) is 10.6. The van der Waals surface area contributed by atoms with Crippen molar-refractivity contribution in [3.63, 3.8) is 0 Å². The molecule has 22 heavy (non-hydrogen) atoms. The second-order valence-electron chi connectivity index (χ2n) is 4.65. The Labute approximate surface area is 156 Å². The highest BCUT2D eigenvalue weighted by Crippen LogP contribution is 2.17. The molecular formula is C14H20BrIN6. The number of guanidine groups is 1. The molecular weight excluding hydrogens is 459 g/mol. The van der Waals surface area contributed by atoms with Crippen molar-refractivity contribution in [2.75, 3.05) is 14.1 Å². The van der Waals surface area contributed by atoms with Crippen molar-refractivity contribution in [1.82, 2.24) is 25.0 Å². The second kappa shape index (κ2) is 9.09. The number of aliphatic imine (C=N–C) groups is 1. The quantitative estimate of drug-likeness (QED) is 0.416. The zero-order valence-corrected chi connectivity index (χ0v) is 16.7. The van der Waals surface area contributed by atoms with Crippen LogP contribution in [0.4, 0.5) is 0 Å². The van der Waals surface area contributed by atoms with Gasteiger partial charge >= 0.3 is 0 Å². The molecule has 0 fully saturated rings. The van der Waals surface area contributed by atoms with Crippen molar-refractivity contribution >= 4 is 45.9 Å². The molecule has 0 saturated heterocycles. The molecule has 0 unspecified atom stereocenters. The molecule has 8 heteroatoms. The molecule has 0 aliphatic carbocycles. The Morgan fingerprint density at radius 3 is 2.73 bits per heavy atom. The van der Waals surface area contributed by atoms with Crippen LogP contribution >= 0.6 is 39.9 Å². The molecule has 1 aromatic heterocycles. The predicted molar refractivity (Wildman–Crippen MR) is 102 cm³/mol. The van der Waals surface area contributed by atoms with Gasteiger partial charge < -0.3 is 10.2 Å². The number of aryl methyl sites for hydroxylation is 1. The van der Waals surface area contributed by atoms with E-state index < -0.39 is 0 Å². The summed E-state index contributed by atoms with van der Waals surface area (Å²) in [5.74, 6) is 1.68. The molecule has 0 aliphatic rings. The van der Waals surface area contributed by atoms with Gasteiger partial charge in [0.2, 0.25) is 0 Å². The summed E-state index contributed by atoms with van der Waals surface area (Å²) in [7, 11) is 5.65. The summed E-state index contributed by atoms with van der Waals surface area (Å²) in [5, 5.41) is 7.34. The minimum atomic E-state index is 0.